The van der Waals surface area contributed by atoms with E-state index in [1.807, 2.05) is 37.3 Å². The maximum atomic E-state index is 13.2. The Hall–Kier alpha value is -1.71. The molecule has 0 heterocycles. The molecule has 2 nitrogen and oxygen atoms in total. The van der Waals surface area contributed by atoms with Crippen LogP contribution in [0.5, 0.6) is 0 Å². The van der Waals surface area contributed by atoms with Gasteiger partial charge in [0.1, 0.15) is 5.82 Å². The molecular formula is C17H19FO2. The summed E-state index contributed by atoms with van der Waals surface area (Å²) in [6.45, 7) is 1.51. The molecule has 0 atom stereocenters. The molecule has 0 radical (unpaired) electrons. The van der Waals surface area contributed by atoms with E-state index in [1.165, 1.54) is 12.1 Å². The SMILES string of the molecule is Cc1cc(F)ccc1CC(CO)(CO)c1ccccc1. The third-order valence-corrected chi connectivity index (χ3v) is 3.82. The van der Waals surface area contributed by atoms with Crippen molar-refractivity contribution in [2.45, 2.75) is 18.8 Å². The molecule has 106 valence electrons. The van der Waals surface area contributed by atoms with Gasteiger partial charge in [-0.3, -0.25) is 0 Å². The van der Waals surface area contributed by atoms with Gasteiger partial charge < -0.3 is 10.2 Å². The Balaban J connectivity index is 2.39. The Kier molecular flexibility index (Phi) is 4.53. The zero-order valence-electron chi connectivity index (χ0n) is 11.5. The Labute approximate surface area is 118 Å². The lowest BCUT2D eigenvalue weighted by atomic mass is 9.76. The van der Waals surface area contributed by atoms with Crippen LogP contribution in [-0.4, -0.2) is 23.4 Å². The number of rotatable bonds is 5. The van der Waals surface area contributed by atoms with E-state index >= 15 is 0 Å². The van der Waals surface area contributed by atoms with Crippen LogP contribution in [0.3, 0.4) is 0 Å². The minimum Gasteiger partial charge on any atom is -0.395 e. The normalized spacial score (nSPS) is 11.6. The van der Waals surface area contributed by atoms with E-state index < -0.39 is 5.41 Å². The summed E-state index contributed by atoms with van der Waals surface area (Å²) in [5, 5.41) is 19.6. The zero-order chi connectivity index (χ0) is 14.6. The molecule has 3 heteroatoms. The lowest BCUT2D eigenvalue weighted by Gasteiger charge is -2.31. The van der Waals surface area contributed by atoms with Crippen molar-refractivity contribution in [3.63, 3.8) is 0 Å². The molecule has 2 aromatic carbocycles. The largest absolute Gasteiger partial charge is 0.395 e. The van der Waals surface area contributed by atoms with Crippen molar-refractivity contribution in [1.82, 2.24) is 0 Å². The quantitative estimate of drug-likeness (QED) is 0.880. The van der Waals surface area contributed by atoms with Crippen molar-refractivity contribution in [3.05, 3.63) is 71.0 Å². The molecular weight excluding hydrogens is 255 g/mol. The van der Waals surface area contributed by atoms with Gasteiger partial charge in [-0.05, 0) is 42.2 Å². The average Bonchev–Trinajstić information content (AvgIpc) is 2.48. The molecule has 0 unspecified atom stereocenters. The Morgan fingerprint density at radius 3 is 2.20 bits per heavy atom. The van der Waals surface area contributed by atoms with Gasteiger partial charge in [-0.15, -0.1) is 0 Å². The molecule has 0 aliphatic carbocycles. The smallest absolute Gasteiger partial charge is 0.123 e. The number of aliphatic hydroxyl groups is 2. The fourth-order valence-electron chi connectivity index (χ4n) is 2.46. The molecule has 0 spiro atoms. The van der Waals surface area contributed by atoms with Gasteiger partial charge >= 0.3 is 0 Å². The average molecular weight is 274 g/mol. The Morgan fingerprint density at radius 2 is 1.65 bits per heavy atom. The van der Waals surface area contributed by atoms with Gasteiger partial charge in [0, 0.05) is 5.41 Å². The van der Waals surface area contributed by atoms with E-state index in [-0.39, 0.29) is 19.0 Å². The van der Waals surface area contributed by atoms with E-state index in [4.69, 9.17) is 0 Å². The van der Waals surface area contributed by atoms with Gasteiger partial charge in [-0.25, -0.2) is 4.39 Å². The summed E-state index contributed by atoms with van der Waals surface area (Å²) in [5.41, 5.74) is 1.89. The van der Waals surface area contributed by atoms with Gasteiger partial charge in [0.15, 0.2) is 0 Å². The first kappa shape index (κ1) is 14.7. The molecule has 0 aliphatic rings. The molecule has 0 bridgehead atoms. The second-order valence-electron chi connectivity index (χ2n) is 5.21. The van der Waals surface area contributed by atoms with Gasteiger partial charge in [-0.2, -0.15) is 0 Å². The summed E-state index contributed by atoms with van der Waals surface area (Å²) in [4.78, 5) is 0. The Bertz CT molecular complexity index is 562. The number of benzene rings is 2. The maximum absolute atomic E-state index is 13.2. The number of hydrogen-bond acceptors (Lipinski definition) is 2. The number of hydrogen-bond donors (Lipinski definition) is 2. The predicted octanol–water partition coefficient (Wildman–Crippen LogP) is 2.60. The van der Waals surface area contributed by atoms with Crippen molar-refractivity contribution < 1.29 is 14.6 Å². The second kappa shape index (κ2) is 6.16. The van der Waals surface area contributed by atoms with Gasteiger partial charge in [-0.1, -0.05) is 36.4 Å². The highest BCUT2D eigenvalue weighted by molar-refractivity contribution is 5.34. The summed E-state index contributed by atoms with van der Waals surface area (Å²) >= 11 is 0. The highest BCUT2D eigenvalue weighted by atomic mass is 19.1. The molecule has 20 heavy (non-hydrogen) atoms. The van der Waals surface area contributed by atoms with Crippen molar-refractivity contribution in [3.8, 4) is 0 Å². The topological polar surface area (TPSA) is 40.5 Å². The van der Waals surface area contributed by atoms with Gasteiger partial charge in [0.05, 0.1) is 13.2 Å². The second-order valence-corrected chi connectivity index (χ2v) is 5.21. The molecule has 0 saturated carbocycles. The standard InChI is InChI=1S/C17H19FO2/c1-13-9-16(18)8-7-14(13)10-17(11-19,12-20)15-5-3-2-4-6-15/h2-9,19-20H,10-12H2,1H3. The van der Waals surface area contributed by atoms with Crippen LogP contribution in [0.1, 0.15) is 16.7 Å². The van der Waals surface area contributed by atoms with Crippen LogP contribution in [-0.2, 0) is 11.8 Å². The minimum atomic E-state index is -0.746. The third kappa shape index (κ3) is 2.89. The minimum absolute atomic E-state index is 0.162. The van der Waals surface area contributed by atoms with Crippen molar-refractivity contribution in [1.29, 1.82) is 0 Å². The number of aliphatic hydroxyl groups excluding tert-OH is 2. The monoisotopic (exact) mass is 274 g/mol. The molecule has 2 aromatic rings. The molecule has 0 saturated heterocycles. The van der Waals surface area contributed by atoms with Gasteiger partial charge in [0.2, 0.25) is 0 Å². The van der Waals surface area contributed by atoms with E-state index in [2.05, 4.69) is 0 Å². The number of aryl methyl sites for hydroxylation is 1. The van der Waals surface area contributed by atoms with Crippen molar-refractivity contribution in [2.75, 3.05) is 13.2 Å². The van der Waals surface area contributed by atoms with E-state index in [0.717, 1.165) is 16.7 Å². The highest BCUT2D eigenvalue weighted by Gasteiger charge is 2.31. The summed E-state index contributed by atoms with van der Waals surface area (Å²) in [6, 6.07) is 14.0. The first-order chi connectivity index (χ1) is 9.61. The molecule has 0 fully saturated rings. The first-order valence-electron chi connectivity index (χ1n) is 6.63. The summed E-state index contributed by atoms with van der Waals surface area (Å²) in [5.74, 6) is -0.274. The summed E-state index contributed by atoms with van der Waals surface area (Å²) in [6.07, 6.45) is 0.468. The molecule has 0 aliphatic heterocycles. The molecule has 0 amide bonds. The van der Waals surface area contributed by atoms with Crippen LogP contribution in [0, 0.1) is 12.7 Å². The Morgan fingerprint density at radius 1 is 1.00 bits per heavy atom. The lowest BCUT2D eigenvalue weighted by molar-refractivity contribution is 0.116. The zero-order valence-corrected chi connectivity index (χ0v) is 11.5. The third-order valence-electron chi connectivity index (χ3n) is 3.82. The number of halogens is 1. The molecule has 2 rings (SSSR count). The lowest BCUT2D eigenvalue weighted by Crippen LogP contribution is -2.37. The van der Waals surface area contributed by atoms with Crippen LogP contribution in [0.2, 0.25) is 0 Å². The molecule has 0 aromatic heterocycles. The highest BCUT2D eigenvalue weighted by Crippen LogP contribution is 2.29. The predicted molar refractivity (Wildman–Crippen MR) is 77.1 cm³/mol. The van der Waals surface area contributed by atoms with Crippen LogP contribution in [0.4, 0.5) is 4.39 Å². The van der Waals surface area contributed by atoms with Crippen molar-refractivity contribution >= 4 is 0 Å². The van der Waals surface area contributed by atoms with Crippen LogP contribution in [0.15, 0.2) is 48.5 Å². The van der Waals surface area contributed by atoms with Crippen molar-refractivity contribution in [2.24, 2.45) is 0 Å². The van der Waals surface area contributed by atoms with Gasteiger partial charge in [0.25, 0.3) is 0 Å². The van der Waals surface area contributed by atoms with E-state index in [1.54, 1.807) is 6.07 Å². The maximum Gasteiger partial charge on any atom is 0.123 e. The van der Waals surface area contributed by atoms with Crippen LogP contribution in [0.25, 0.3) is 0 Å². The van der Waals surface area contributed by atoms with E-state index in [0.29, 0.717) is 6.42 Å². The van der Waals surface area contributed by atoms with Crippen LogP contribution >= 0.6 is 0 Å². The fraction of sp³-hybridized carbons (Fsp3) is 0.294. The fourth-order valence-corrected chi connectivity index (χ4v) is 2.46. The molecule has 2 N–H and O–H groups in total. The summed E-state index contributed by atoms with van der Waals surface area (Å²) in [7, 11) is 0. The first-order valence-corrected chi connectivity index (χ1v) is 6.63. The van der Waals surface area contributed by atoms with Crippen LogP contribution < -0.4 is 0 Å². The van der Waals surface area contributed by atoms with E-state index in [9.17, 15) is 14.6 Å². The summed E-state index contributed by atoms with van der Waals surface area (Å²) < 4.78 is 13.2.